The fraction of sp³-hybridized carbons (Fsp3) is 1.00. The Morgan fingerprint density at radius 3 is 1.38 bits per heavy atom. The molecular formula is C26H48O8. The summed E-state index contributed by atoms with van der Waals surface area (Å²) in [4.78, 5) is 0. The second-order valence-electron chi connectivity index (χ2n) is 11.2. The van der Waals surface area contributed by atoms with Crippen LogP contribution in [0.15, 0.2) is 0 Å². The molecule has 200 valence electrons. The molecule has 0 aromatic rings. The highest BCUT2D eigenvalue weighted by Crippen LogP contribution is 2.41. The van der Waals surface area contributed by atoms with Crippen molar-refractivity contribution in [2.24, 2.45) is 41.4 Å². The molecule has 0 aliphatic carbocycles. The van der Waals surface area contributed by atoms with E-state index in [1.165, 1.54) is 0 Å². The van der Waals surface area contributed by atoms with Gasteiger partial charge < -0.3 is 39.0 Å². The van der Waals surface area contributed by atoms with Gasteiger partial charge in [-0.1, -0.05) is 48.5 Å². The van der Waals surface area contributed by atoms with E-state index in [1.54, 1.807) is 0 Å². The van der Waals surface area contributed by atoms with Gasteiger partial charge in [-0.05, 0) is 36.5 Å². The van der Waals surface area contributed by atoms with E-state index in [0.717, 1.165) is 0 Å². The second-order valence-corrected chi connectivity index (χ2v) is 11.2. The molecule has 0 aromatic carbocycles. The van der Waals surface area contributed by atoms with Crippen LogP contribution in [0.4, 0.5) is 0 Å². The first kappa shape index (κ1) is 28.3. The van der Waals surface area contributed by atoms with Crippen molar-refractivity contribution in [1.29, 1.82) is 0 Å². The summed E-state index contributed by atoms with van der Waals surface area (Å²) in [5.41, 5.74) is 0. The molecule has 0 amide bonds. The van der Waals surface area contributed by atoms with Crippen LogP contribution in [-0.4, -0.2) is 84.3 Å². The first-order chi connectivity index (χ1) is 16.0. The first-order valence-corrected chi connectivity index (χ1v) is 13.1. The molecule has 0 aromatic heterocycles. The fourth-order valence-electron chi connectivity index (χ4n) is 5.84. The fourth-order valence-corrected chi connectivity index (χ4v) is 5.84. The van der Waals surface area contributed by atoms with E-state index < -0.39 is 24.8 Å². The Morgan fingerprint density at radius 2 is 0.882 bits per heavy atom. The summed E-state index contributed by atoms with van der Waals surface area (Å²) in [7, 11) is 0. The van der Waals surface area contributed by atoms with Crippen molar-refractivity contribution in [3.05, 3.63) is 0 Å². The van der Waals surface area contributed by atoms with Gasteiger partial charge in [-0.25, -0.2) is 0 Å². The molecule has 7 unspecified atom stereocenters. The molecule has 34 heavy (non-hydrogen) atoms. The summed E-state index contributed by atoms with van der Waals surface area (Å²) in [5, 5.41) is 29.9. The van der Waals surface area contributed by atoms with Gasteiger partial charge in [-0.15, -0.1) is 0 Å². The number of hydrogen-bond donors (Lipinski definition) is 3. The van der Waals surface area contributed by atoms with Gasteiger partial charge in [0.25, 0.3) is 0 Å². The van der Waals surface area contributed by atoms with Gasteiger partial charge in [0.2, 0.25) is 0 Å². The van der Waals surface area contributed by atoms with Crippen LogP contribution in [0.5, 0.6) is 0 Å². The van der Waals surface area contributed by atoms with Crippen molar-refractivity contribution in [3.63, 3.8) is 0 Å². The third kappa shape index (κ3) is 5.49. The van der Waals surface area contributed by atoms with E-state index in [-0.39, 0.29) is 79.7 Å². The van der Waals surface area contributed by atoms with Gasteiger partial charge >= 0.3 is 0 Å². The lowest BCUT2D eigenvalue weighted by molar-refractivity contribution is -0.343. The Morgan fingerprint density at radius 1 is 0.471 bits per heavy atom. The Balaban J connectivity index is 1.72. The summed E-state index contributed by atoms with van der Waals surface area (Å²) in [6, 6.07) is 0. The van der Waals surface area contributed by atoms with Gasteiger partial charge in [0.05, 0.1) is 44.2 Å². The van der Waals surface area contributed by atoms with Gasteiger partial charge in [0.1, 0.15) is 12.2 Å². The van der Waals surface area contributed by atoms with Crippen LogP contribution in [0.25, 0.3) is 0 Å². The number of aliphatic hydroxyl groups excluding tert-OH is 3. The smallest absolute Gasteiger partial charge is 0.161 e. The maximum atomic E-state index is 10.2. The van der Waals surface area contributed by atoms with Crippen LogP contribution in [-0.2, 0) is 23.7 Å². The van der Waals surface area contributed by atoms with Crippen molar-refractivity contribution in [2.75, 3.05) is 19.8 Å². The van der Waals surface area contributed by atoms with E-state index >= 15 is 0 Å². The average Bonchev–Trinajstić information content (AvgIpc) is 2.83. The minimum absolute atomic E-state index is 0.0159. The van der Waals surface area contributed by atoms with Crippen LogP contribution in [0.2, 0.25) is 0 Å². The highest BCUT2D eigenvalue weighted by Gasteiger charge is 2.49. The van der Waals surface area contributed by atoms with Gasteiger partial charge in [-0.2, -0.15) is 0 Å². The molecular weight excluding hydrogens is 440 g/mol. The average molecular weight is 489 g/mol. The maximum Gasteiger partial charge on any atom is 0.161 e. The maximum absolute atomic E-state index is 10.2. The molecule has 15 atom stereocenters. The summed E-state index contributed by atoms with van der Waals surface area (Å²) < 4.78 is 31.4. The number of ether oxygens (including phenoxy) is 5. The van der Waals surface area contributed by atoms with E-state index in [9.17, 15) is 15.3 Å². The molecule has 0 saturated carbocycles. The van der Waals surface area contributed by atoms with Crippen molar-refractivity contribution < 1.29 is 39.0 Å². The third-order valence-corrected chi connectivity index (χ3v) is 9.40. The first-order valence-electron chi connectivity index (χ1n) is 13.1. The normalized spacial score (nSPS) is 52.5. The van der Waals surface area contributed by atoms with Crippen LogP contribution in [0.1, 0.15) is 55.4 Å². The van der Waals surface area contributed by atoms with Crippen molar-refractivity contribution in [2.45, 2.75) is 105 Å². The lowest BCUT2D eigenvalue weighted by atomic mass is 9.78. The lowest BCUT2D eigenvalue weighted by Gasteiger charge is -2.50. The molecule has 3 fully saturated rings. The number of rotatable bonds is 7. The van der Waals surface area contributed by atoms with Crippen LogP contribution >= 0.6 is 0 Å². The van der Waals surface area contributed by atoms with Crippen molar-refractivity contribution in [1.82, 2.24) is 0 Å². The monoisotopic (exact) mass is 488 g/mol. The third-order valence-electron chi connectivity index (χ3n) is 9.40. The highest BCUT2D eigenvalue weighted by atomic mass is 16.7. The highest BCUT2D eigenvalue weighted by molar-refractivity contribution is 4.92. The van der Waals surface area contributed by atoms with E-state index in [4.69, 9.17) is 23.7 Å². The zero-order valence-electron chi connectivity index (χ0n) is 22.2. The predicted octanol–water partition coefficient (Wildman–Crippen LogP) is 2.42. The molecule has 3 saturated heterocycles. The Bertz CT molecular complexity index is 628. The molecule has 3 N–H and O–H groups in total. The summed E-state index contributed by atoms with van der Waals surface area (Å²) in [5.74, 6) is 1.17. The minimum atomic E-state index is -0.571. The molecule has 3 aliphatic rings. The van der Waals surface area contributed by atoms with Crippen LogP contribution in [0, 0.1) is 41.4 Å². The minimum Gasteiger partial charge on any atom is -0.394 e. The number of aliphatic hydroxyl groups is 3. The molecule has 3 aliphatic heterocycles. The Kier molecular flexibility index (Phi) is 9.82. The van der Waals surface area contributed by atoms with E-state index in [0.29, 0.717) is 5.92 Å². The van der Waals surface area contributed by atoms with Gasteiger partial charge in [-0.3, -0.25) is 0 Å². The molecule has 0 radical (unpaired) electrons. The van der Waals surface area contributed by atoms with Crippen molar-refractivity contribution in [3.8, 4) is 0 Å². The summed E-state index contributed by atoms with van der Waals surface area (Å²) in [6.45, 7) is 16.5. The van der Waals surface area contributed by atoms with Crippen molar-refractivity contribution >= 4 is 0 Å². The van der Waals surface area contributed by atoms with E-state index in [2.05, 4.69) is 48.5 Å². The van der Waals surface area contributed by atoms with Gasteiger partial charge in [0.15, 0.2) is 12.6 Å². The predicted molar refractivity (Wildman–Crippen MR) is 127 cm³/mol. The zero-order valence-corrected chi connectivity index (χ0v) is 22.2. The summed E-state index contributed by atoms with van der Waals surface area (Å²) in [6.07, 6.45) is -2.92. The standard InChI is InChI=1S/C26H48O8/c1-12-14(3)20(9-27)31-25(17(12)6)34-24-16(5)18(7)26(32-22(24)11-29)33-23-15(4)13(2)19(8)30-21(23)10-28/h12-29H,9-11H2,1-8H3/t12-,13?,14-,15+,16+,17?,18?,19?,20?,21?,22?,23-,24-,25+,26-/m0/s1. The topological polar surface area (TPSA) is 107 Å². The zero-order chi connectivity index (χ0) is 25.3. The molecule has 8 heteroatoms. The quantitative estimate of drug-likeness (QED) is 0.502. The molecule has 3 rings (SSSR count). The Hall–Kier alpha value is -0.320. The van der Waals surface area contributed by atoms with Gasteiger partial charge in [0, 0.05) is 11.8 Å². The summed E-state index contributed by atoms with van der Waals surface area (Å²) >= 11 is 0. The molecule has 3 heterocycles. The molecule has 0 spiro atoms. The van der Waals surface area contributed by atoms with Crippen LogP contribution in [0.3, 0.4) is 0 Å². The lowest BCUT2D eigenvalue weighted by Crippen LogP contribution is -2.58. The molecule has 0 bridgehead atoms. The van der Waals surface area contributed by atoms with E-state index in [1.807, 2.05) is 6.92 Å². The second kappa shape index (κ2) is 11.8. The Labute approximate surface area is 205 Å². The van der Waals surface area contributed by atoms with Crippen LogP contribution < -0.4 is 0 Å². The largest absolute Gasteiger partial charge is 0.394 e. The number of hydrogen-bond acceptors (Lipinski definition) is 8. The molecule has 8 nitrogen and oxygen atoms in total. The SMILES string of the molecule is CC1OC(CO)[C@@H](O[C@@H]2OC(CO)[C@@H](O[C@H]3OC(CO)[C@@H](C)[C@H](C)C3C)[C@H](C)C2C)[C@H](C)C1C.